The van der Waals surface area contributed by atoms with Gasteiger partial charge >= 0.3 is 11.9 Å². The third-order valence-electron chi connectivity index (χ3n) is 1.30. The molecule has 0 bridgehead atoms. The van der Waals surface area contributed by atoms with Crippen molar-refractivity contribution in [1.82, 2.24) is 0 Å². The number of esters is 2. The van der Waals surface area contributed by atoms with Crippen molar-refractivity contribution in [2.75, 3.05) is 14.2 Å². The highest BCUT2D eigenvalue weighted by atomic mass is 35.6. The minimum Gasteiger partial charge on any atom is -0.469 e. The van der Waals surface area contributed by atoms with Crippen molar-refractivity contribution < 1.29 is 19.1 Å². The molecule has 0 spiro atoms. The van der Waals surface area contributed by atoms with Gasteiger partial charge in [-0.25, -0.2) is 0 Å². The van der Waals surface area contributed by atoms with Crippen LogP contribution in [0.25, 0.3) is 0 Å². The molecule has 1 atom stereocenters. The molecule has 0 aliphatic heterocycles. The Balaban J connectivity index is 4.33. The standard InChI is InChI=1S/C7H9Cl3O4S2/c1-13-5(11)3-4(6(12)14-2)15-16-7(8,9)10/h4H,3H2,1-2H3/t4-/m1/s1. The van der Waals surface area contributed by atoms with Crippen LogP contribution in [-0.2, 0) is 19.1 Å². The van der Waals surface area contributed by atoms with Gasteiger partial charge in [0.25, 0.3) is 0 Å². The van der Waals surface area contributed by atoms with Gasteiger partial charge in [-0.2, -0.15) is 0 Å². The number of alkyl halides is 3. The summed E-state index contributed by atoms with van der Waals surface area (Å²) in [6, 6.07) is 0. The van der Waals surface area contributed by atoms with Crippen LogP contribution >= 0.6 is 56.4 Å². The van der Waals surface area contributed by atoms with Gasteiger partial charge in [-0.05, 0) is 10.8 Å². The first-order chi connectivity index (χ1) is 7.30. The fraction of sp³-hybridized carbons (Fsp3) is 0.714. The van der Waals surface area contributed by atoms with Crippen LogP contribution in [0.2, 0.25) is 0 Å². The summed E-state index contributed by atoms with van der Waals surface area (Å²) >= 11 is 16.5. The van der Waals surface area contributed by atoms with Gasteiger partial charge in [-0.1, -0.05) is 45.6 Å². The Kier molecular flexibility index (Phi) is 8.01. The van der Waals surface area contributed by atoms with Crippen LogP contribution in [0, 0.1) is 0 Å². The largest absolute Gasteiger partial charge is 0.469 e. The molecule has 0 amide bonds. The molecule has 0 aliphatic rings. The van der Waals surface area contributed by atoms with Gasteiger partial charge in [0.1, 0.15) is 5.25 Å². The lowest BCUT2D eigenvalue weighted by atomic mass is 10.3. The maximum absolute atomic E-state index is 11.3. The highest BCUT2D eigenvalue weighted by molar-refractivity contribution is 8.78. The first-order valence-corrected chi connectivity index (χ1v) is 7.20. The van der Waals surface area contributed by atoms with Crippen molar-refractivity contribution in [3.63, 3.8) is 0 Å². The minimum absolute atomic E-state index is 0.137. The van der Waals surface area contributed by atoms with Crippen molar-refractivity contribution in [2.45, 2.75) is 14.8 Å². The molecule has 0 aromatic heterocycles. The summed E-state index contributed by atoms with van der Waals surface area (Å²) in [6.07, 6.45) is -0.137. The van der Waals surface area contributed by atoms with E-state index >= 15 is 0 Å². The van der Waals surface area contributed by atoms with Gasteiger partial charge < -0.3 is 9.47 Å². The van der Waals surface area contributed by atoms with Gasteiger partial charge in [0.2, 0.25) is 3.12 Å². The van der Waals surface area contributed by atoms with E-state index in [1.807, 2.05) is 0 Å². The Morgan fingerprint density at radius 2 is 1.81 bits per heavy atom. The number of rotatable bonds is 5. The van der Waals surface area contributed by atoms with Crippen molar-refractivity contribution in [2.24, 2.45) is 0 Å². The summed E-state index contributed by atoms with van der Waals surface area (Å²) in [5.41, 5.74) is 0. The molecule has 0 saturated carbocycles. The third kappa shape index (κ3) is 7.73. The number of carbonyl (C=O) groups excluding carboxylic acids is 2. The second-order valence-electron chi connectivity index (χ2n) is 2.42. The average molecular weight is 328 g/mol. The van der Waals surface area contributed by atoms with E-state index in [-0.39, 0.29) is 6.42 Å². The van der Waals surface area contributed by atoms with Crippen LogP contribution in [0.1, 0.15) is 6.42 Å². The molecule has 0 N–H and O–H groups in total. The summed E-state index contributed by atoms with van der Waals surface area (Å²) in [5, 5.41) is -0.766. The highest BCUT2D eigenvalue weighted by Gasteiger charge is 2.29. The van der Waals surface area contributed by atoms with Gasteiger partial charge in [0.15, 0.2) is 0 Å². The topological polar surface area (TPSA) is 52.6 Å². The molecule has 4 nitrogen and oxygen atoms in total. The molecule has 94 valence electrons. The maximum Gasteiger partial charge on any atom is 0.320 e. The molecule has 0 radical (unpaired) electrons. The normalized spacial score (nSPS) is 13.1. The van der Waals surface area contributed by atoms with Gasteiger partial charge in [0.05, 0.1) is 20.6 Å². The van der Waals surface area contributed by atoms with Crippen molar-refractivity contribution in [1.29, 1.82) is 0 Å². The van der Waals surface area contributed by atoms with Crippen LogP contribution in [0.4, 0.5) is 0 Å². The number of carbonyl (C=O) groups is 2. The summed E-state index contributed by atoms with van der Waals surface area (Å²) in [4.78, 5) is 22.3. The van der Waals surface area contributed by atoms with Crippen LogP contribution < -0.4 is 0 Å². The number of hydrogen-bond acceptors (Lipinski definition) is 6. The van der Waals surface area contributed by atoms with E-state index in [0.717, 1.165) is 21.6 Å². The highest BCUT2D eigenvalue weighted by Crippen LogP contribution is 2.48. The van der Waals surface area contributed by atoms with Gasteiger partial charge in [0, 0.05) is 0 Å². The smallest absolute Gasteiger partial charge is 0.320 e. The lowest BCUT2D eigenvalue weighted by Gasteiger charge is -2.15. The van der Waals surface area contributed by atoms with Crippen LogP contribution in [-0.4, -0.2) is 34.5 Å². The maximum atomic E-state index is 11.3. The SMILES string of the molecule is COC(=O)C[C@@H](SSC(Cl)(Cl)Cl)C(=O)OC. The van der Waals surface area contributed by atoms with E-state index in [0.29, 0.717) is 0 Å². The molecule has 0 fully saturated rings. The van der Waals surface area contributed by atoms with E-state index in [1.54, 1.807) is 0 Å². The summed E-state index contributed by atoms with van der Waals surface area (Å²) < 4.78 is 7.39. The molecule has 0 aliphatic carbocycles. The lowest BCUT2D eigenvalue weighted by molar-refractivity contribution is -0.146. The zero-order valence-electron chi connectivity index (χ0n) is 8.37. The van der Waals surface area contributed by atoms with Crippen molar-refractivity contribution in [3.05, 3.63) is 0 Å². The Morgan fingerprint density at radius 1 is 1.25 bits per heavy atom. The quantitative estimate of drug-likeness (QED) is 0.440. The fourth-order valence-corrected chi connectivity index (χ4v) is 3.34. The average Bonchev–Trinajstić information content (AvgIpc) is 2.21. The van der Waals surface area contributed by atoms with Crippen molar-refractivity contribution >= 4 is 68.3 Å². The molecule has 0 rings (SSSR count). The fourth-order valence-electron chi connectivity index (χ4n) is 0.635. The van der Waals surface area contributed by atoms with Crippen LogP contribution in [0.3, 0.4) is 0 Å². The number of ether oxygens (including phenoxy) is 2. The van der Waals surface area contributed by atoms with Gasteiger partial charge in [-0.15, -0.1) is 0 Å². The van der Waals surface area contributed by atoms with Crippen LogP contribution in [0.5, 0.6) is 0 Å². The van der Waals surface area contributed by atoms with Gasteiger partial charge in [-0.3, -0.25) is 9.59 Å². The first kappa shape index (κ1) is 16.5. The monoisotopic (exact) mass is 326 g/mol. The summed E-state index contributed by atoms with van der Waals surface area (Å²) in [7, 11) is 4.23. The lowest BCUT2D eigenvalue weighted by Crippen LogP contribution is -2.22. The van der Waals surface area contributed by atoms with Crippen molar-refractivity contribution in [3.8, 4) is 0 Å². The molecule has 0 aromatic rings. The van der Waals surface area contributed by atoms with E-state index < -0.39 is 20.3 Å². The third-order valence-corrected chi connectivity index (χ3v) is 5.43. The Hall–Kier alpha value is 0.510. The summed E-state index contributed by atoms with van der Waals surface area (Å²) in [6.45, 7) is 0. The number of hydrogen-bond donors (Lipinski definition) is 0. The second-order valence-corrected chi connectivity index (χ2v) is 7.99. The first-order valence-electron chi connectivity index (χ1n) is 3.86. The second kappa shape index (κ2) is 7.76. The molecular weight excluding hydrogens is 319 g/mol. The zero-order chi connectivity index (χ0) is 12.8. The molecule has 0 heterocycles. The Labute approximate surface area is 116 Å². The van der Waals surface area contributed by atoms with E-state index in [2.05, 4.69) is 9.47 Å². The van der Waals surface area contributed by atoms with Crippen LogP contribution in [0.15, 0.2) is 0 Å². The predicted molar refractivity (Wildman–Crippen MR) is 67.9 cm³/mol. The molecule has 16 heavy (non-hydrogen) atoms. The molecule has 0 saturated heterocycles. The number of methoxy groups -OCH3 is 2. The number of halogens is 3. The molecule has 9 heteroatoms. The minimum atomic E-state index is -1.56. The predicted octanol–water partition coefficient (Wildman–Crippen LogP) is 2.80. The van der Waals surface area contributed by atoms with E-state index in [9.17, 15) is 9.59 Å². The van der Waals surface area contributed by atoms with E-state index in [1.165, 1.54) is 14.2 Å². The Bertz CT molecular complexity index is 257. The molecule has 0 aromatic carbocycles. The Morgan fingerprint density at radius 3 is 2.19 bits per heavy atom. The molecular formula is C7H9Cl3O4S2. The van der Waals surface area contributed by atoms with E-state index in [4.69, 9.17) is 34.8 Å². The zero-order valence-corrected chi connectivity index (χ0v) is 12.3. The molecule has 0 unspecified atom stereocenters. The summed E-state index contributed by atoms with van der Waals surface area (Å²) in [5.74, 6) is -1.11.